The van der Waals surface area contributed by atoms with E-state index in [1.807, 2.05) is 67.7 Å². The Bertz CT molecular complexity index is 1170. The molecule has 3 aromatic carbocycles. The van der Waals surface area contributed by atoms with Gasteiger partial charge in [-0.2, -0.15) is 0 Å². The Morgan fingerprint density at radius 3 is 2.25 bits per heavy atom. The second-order valence-corrected chi connectivity index (χ2v) is 10.3. The van der Waals surface area contributed by atoms with Crippen molar-refractivity contribution in [2.24, 2.45) is 5.41 Å². The molecule has 1 atom stereocenters. The van der Waals surface area contributed by atoms with Crippen LogP contribution in [0.2, 0.25) is 10.0 Å². The summed E-state index contributed by atoms with van der Waals surface area (Å²) in [4.78, 5) is 30.4. The molecule has 36 heavy (non-hydrogen) atoms. The molecule has 7 heteroatoms. The second kappa shape index (κ2) is 11.8. The largest absolute Gasteiger partial charge is 0.493 e. The molecule has 1 aliphatic rings. The number of likely N-dealkylation sites (tertiary alicyclic amines) is 1. The van der Waals surface area contributed by atoms with Gasteiger partial charge in [0.25, 0.3) is 5.91 Å². The summed E-state index contributed by atoms with van der Waals surface area (Å²) in [5.74, 6) is 0.527. The quantitative estimate of drug-likeness (QED) is 0.345. The van der Waals surface area contributed by atoms with E-state index in [0.717, 1.165) is 24.2 Å². The van der Waals surface area contributed by atoms with E-state index in [1.54, 1.807) is 28.0 Å². The summed E-state index contributed by atoms with van der Waals surface area (Å²) in [7, 11) is 1.82. The fourth-order valence-electron chi connectivity index (χ4n) is 4.71. The van der Waals surface area contributed by atoms with Crippen molar-refractivity contribution >= 4 is 35.0 Å². The fraction of sp³-hybridized carbons (Fsp3) is 0.310. The molecule has 1 saturated heterocycles. The molecule has 0 bridgehead atoms. The van der Waals surface area contributed by atoms with Crippen molar-refractivity contribution in [1.29, 1.82) is 0 Å². The molecule has 188 valence electrons. The Morgan fingerprint density at radius 1 is 0.944 bits per heavy atom. The molecule has 1 fully saturated rings. The Labute approximate surface area is 222 Å². The van der Waals surface area contributed by atoms with E-state index in [0.29, 0.717) is 41.8 Å². The number of nitrogens with zero attached hydrogens (tertiary/aromatic N) is 2. The predicted molar refractivity (Wildman–Crippen MR) is 144 cm³/mol. The molecular formula is C29H30Cl2N2O3. The predicted octanol–water partition coefficient (Wildman–Crippen LogP) is 6.34. The van der Waals surface area contributed by atoms with Crippen LogP contribution >= 0.6 is 23.2 Å². The van der Waals surface area contributed by atoms with Crippen LogP contribution in [0.1, 0.15) is 35.2 Å². The molecule has 4 rings (SSSR count). The highest BCUT2D eigenvalue weighted by Gasteiger charge is 2.41. The lowest BCUT2D eigenvalue weighted by Crippen LogP contribution is -2.50. The second-order valence-electron chi connectivity index (χ2n) is 9.44. The maximum absolute atomic E-state index is 13.5. The number of benzene rings is 3. The Morgan fingerprint density at radius 2 is 1.58 bits per heavy atom. The van der Waals surface area contributed by atoms with Gasteiger partial charge >= 0.3 is 0 Å². The Hall–Kier alpha value is -3.02. The number of rotatable bonds is 8. The van der Waals surface area contributed by atoms with Crippen molar-refractivity contribution in [3.05, 3.63) is 100 Å². The summed E-state index contributed by atoms with van der Waals surface area (Å²) in [6.45, 7) is 1.79. The van der Waals surface area contributed by atoms with Gasteiger partial charge in [0.1, 0.15) is 5.75 Å². The Balaban J connectivity index is 1.55. The van der Waals surface area contributed by atoms with Crippen molar-refractivity contribution < 1.29 is 14.3 Å². The molecule has 5 nitrogen and oxygen atoms in total. The van der Waals surface area contributed by atoms with Crippen LogP contribution in [0, 0.1) is 5.41 Å². The number of piperidine rings is 1. The number of ether oxygens (including phenoxy) is 1. The van der Waals surface area contributed by atoms with Crippen LogP contribution < -0.4 is 4.74 Å². The zero-order chi connectivity index (χ0) is 25.5. The SMILES string of the molecule is CN(Cc1ccccc1)C(=O)CC1(COc2ccccc2)CCCN(C(=O)c2c(Cl)cccc2Cl)C1. The summed E-state index contributed by atoms with van der Waals surface area (Å²) < 4.78 is 6.17. The smallest absolute Gasteiger partial charge is 0.256 e. The lowest BCUT2D eigenvalue weighted by molar-refractivity contribution is -0.134. The van der Waals surface area contributed by atoms with Gasteiger partial charge in [-0.3, -0.25) is 9.59 Å². The number of carbonyl (C=O) groups is 2. The molecule has 2 amide bonds. The average Bonchev–Trinajstić information content (AvgIpc) is 2.88. The van der Waals surface area contributed by atoms with Gasteiger partial charge in [0, 0.05) is 38.5 Å². The van der Waals surface area contributed by atoms with Gasteiger partial charge in [-0.15, -0.1) is 0 Å². The number of para-hydroxylation sites is 1. The third-order valence-electron chi connectivity index (χ3n) is 6.63. The molecule has 0 saturated carbocycles. The lowest BCUT2D eigenvalue weighted by atomic mass is 9.77. The van der Waals surface area contributed by atoms with E-state index in [-0.39, 0.29) is 18.2 Å². The van der Waals surface area contributed by atoms with E-state index in [2.05, 4.69) is 0 Å². The lowest BCUT2D eigenvalue weighted by Gasteiger charge is -2.43. The first kappa shape index (κ1) is 26.1. The first-order valence-electron chi connectivity index (χ1n) is 12.1. The van der Waals surface area contributed by atoms with Crippen molar-refractivity contribution in [3.8, 4) is 5.75 Å². The van der Waals surface area contributed by atoms with Gasteiger partial charge in [0.05, 0.1) is 22.2 Å². The molecule has 0 aliphatic carbocycles. The van der Waals surface area contributed by atoms with Crippen LogP contribution in [0.25, 0.3) is 0 Å². The minimum Gasteiger partial charge on any atom is -0.493 e. The summed E-state index contributed by atoms with van der Waals surface area (Å²) >= 11 is 12.7. The molecule has 0 spiro atoms. The topological polar surface area (TPSA) is 49.9 Å². The highest BCUT2D eigenvalue weighted by Crippen LogP contribution is 2.37. The summed E-state index contributed by atoms with van der Waals surface area (Å²) in [5, 5.41) is 0.644. The molecule has 1 unspecified atom stereocenters. The first-order valence-corrected chi connectivity index (χ1v) is 12.8. The number of carbonyl (C=O) groups excluding carboxylic acids is 2. The van der Waals surface area contributed by atoms with Crippen LogP contribution in [0.4, 0.5) is 0 Å². The maximum Gasteiger partial charge on any atom is 0.256 e. The van der Waals surface area contributed by atoms with Gasteiger partial charge < -0.3 is 14.5 Å². The van der Waals surface area contributed by atoms with E-state index in [9.17, 15) is 9.59 Å². The third kappa shape index (κ3) is 6.40. The van der Waals surface area contributed by atoms with Crippen LogP contribution in [-0.2, 0) is 11.3 Å². The molecular weight excluding hydrogens is 495 g/mol. The zero-order valence-corrected chi connectivity index (χ0v) is 21.8. The highest BCUT2D eigenvalue weighted by atomic mass is 35.5. The van der Waals surface area contributed by atoms with Gasteiger partial charge in [0.2, 0.25) is 5.91 Å². The molecule has 0 aromatic heterocycles. The zero-order valence-electron chi connectivity index (χ0n) is 20.3. The number of hydrogen-bond acceptors (Lipinski definition) is 3. The van der Waals surface area contributed by atoms with Gasteiger partial charge in [-0.25, -0.2) is 0 Å². The number of hydrogen-bond donors (Lipinski definition) is 0. The van der Waals surface area contributed by atoms with Gasteiger partial charge in [-0.05, 0) is 42.7 Å². The first-order chi connectivity index (χ1) is 17.4. The van der Waals surface area contributed by atoms with Crippen molar-refractivity contribution in [3.63, 3.8) is 0 Å². The molecule has 1 aliphatic heterocycles. The van der Waals surface area contributed by atoms with Gasteiger partial charge in [0.15, 0.2) is 0 Å². The highest BCUT2D eigenvalue weighted by molar-refractivity contribution is 6.39. The molecule has 0 radical (unpaired) electrons. The normalized spacial score (nSPS) is 17.5. The monoisotopic (exact) mass is 524 g/mol. The van der Waals surface area contributed by atoms with E-state index >= 15 is 0 Å². The minimum atomic E-state index is -0.542. The molecule has 1 heterocycles. The van der Waals surface area contributed by atoms with Crippen molar-refractivity contribution in [2.45, 2.75) is 25.8 Å². The van der Waals surface area contributed by atoms with E-state index in [1.165, 1.54) is 0 Å². The third-order valence-corrected chi connectivity index (χ3v) is 7.26. The van der Waals surface area contributed by atoms with Crippen LogP contribution in [-0.4, -0.2) is 48.4 Å². The standard InChI is InChI=1S/C29H30Cl2N2O3/c1-32(19-22-10-4-2-5-11-22)26(34)18-29(21-36-23-12-6-3-7-13-23)16-9-17-33(20-29)28(35)27-24(30)14-8-15-25(27)31/h2-8,10-15H,9,16-21H2,1H3. The van der Waals surface area contributed by atoms with Crippen LogP contribution in [0.3, 0.4) is 0 Å². The van der Waals surface area contributed by atoms with Crippen molar-refractivity contribution in [1.82, 2.24) is 9.80 Å². The van der Waals surface area contributed by atoms with Crippen molar-refractivity contribution in [2.75, 3.05) is 26.7 Å². The molecule has 3 aromatic rings. The van der Waals surface area contributed by atoms with E-state index < -0.39 is 5.41 Å². The summed E-state index contributed by atoms with van der Waals surface area (Å²) in [6.07, 6.45) is 1.79. The Kier molecular flexibility index (Phi) is 8.55. The minimum absolute atomic E-state index is 0.0144. The fourth-order valence-corrected chi connectivity index (χ4v) is 5.27. The van der Waals surface area contributed by atoms with Crippen LogP contribution in [0.5, 0.6) is 5.75 Å². The summed E-state index contributed by atoms with van der Waals surface area (Å²) in [5.41, 5.74) is 0.823. The maximum atomic E-state index is 13.5. The molecule has 0 N–H and O–H groups in total. The van der Waals surface area contributed by atoms with Crippen LogP contribution in [0.15, 0.2) is 78.9 Å². The average molecular weight is 525 g/mol. The van der Waals surface area contributed by atoms with Gasteiger partial charge in [-0.1, -0.05) is 77.8 Å². The summed E-state index contributed by atoms with van der Waals surface area (Å²) in [6, 6.07) is 24.5. The number of halogens is 2. The van der Waals surface area contributed by atoms with E-state index in [4.69, 9.17) is 27.9 Å². The number of amides is 2.